The number of nitrogens with one attached hydrogen (secondary N) is 1. The molecular formula is C31H27N3O2. The lowest BCUT2D eigenvalue weighted by atomic mass is 9.97. The predicted octanol–water partition coefficient (Wildman–Crippen LogP) is 5.71. The molecule has 36 heavy (non-hydrogen) atoms. The van der Waals surface area contributed by atoms with Gasteiger partial charge in [-0.1, -0.05) is 103 Å². The molecule has 5 heteroatoms. The van der Waals surface area contributed by atoms with Crippen LogP contribution in [0.1, 0.15) is 40.0 Å². The van der Waals surface area contributed by atoms with Crippen molar-refractivity contribution in [2.75, 3.05) is 0 Å². The Morgan fingerprint density at radius 3 is 2.11 bits per heavy atom. The summed E-state index contributed by atoms with van der Waals surface area (Å²) in [5.74, 6) is -0.498. The molecule has 0 spiro atoms. The van der Waals surface area contributed by atoms with Crippen LogP contribution in [0.4, 0.5) is 5.69 Å². The highest BCUT2D eigenvalue weighted by atomic mass is 16.2. The zero-order valence-corrected chi connectivity index (χ0v) is 20.0. The largest absolute Gasteiger partial charge is 0.350 e. The van der Waals surface area contributed by atoms with E-state index in [1.54, 1.807) is 11.0 Å². The first-order valence-electron chi connectivity index (χ1n) is 12.1. The van der Waals surface area contributed by atoms with Crippen molar-refractivity contribution < 1.29 is 9.59 Å². The second kappa shape index (κ2) is 10.4. The third-order valence-corrected chi connectivity index (χ3v) is 6.47. The van der Waals surface area contributed by atoms with Gasteiger partial charge in [0.15, 0.2) is 6.04 Å². The molecule has 0 unspecified atom stereocenters. The van der Waals surface area contributed by atoms with Crippen LogP contribution < -0.4 is 5.32 Å². The molecule has 178 valence electrons. The van der Waals surface area contributed by atoms with Crippen molar-refractivity contribution in [1.82, 2.24) is 10.2 Å². The van der Waals surface area contributed by atoms with Crippen LogP contribution in [-0.2, 0) is 11.3 Å². The Labute approximate surface area is 211 Å². The standard InChI is InChI=1S/C31H27N3O2/c1-22(24-15-7-3-8-16-24)34-29(30(35)32-21-23-13-5-2-6-14-23)28(25-17-9-4-10-18-25)33-27-20-12-11-19-26(27)31(34)36/h2-20,22,29H,21H2,1H3,(H,32,35)/t22-,29+/m0/s1. The fourth-order valence-corrected chi connectivity index (χ4v) is 4.59. The summed E-state index contributed by atoms with van der Waals surface area (Å²) in [6.07, 6.45) is 0. The summed E-state index contributed by atoms with van der Waals surface area (Å²) in [4.78, 5) is 34.7. The Kier molecular flexibility index (Phi) is 6.72. The summed E-state index contributed by atoms with van der Waals surface area (Å²) in [5, 5.41) is 3.07. The number of nitrogens with zero attached hydrogens (tertiary/aromatic N) is 2. The summed E-state index contributed by atoms with van der Waals surface area (Å²) in [6.45, 7) is 2.31. The van der Waals surface area contributed by atoms with E-state index in [0.717, 1.165) is 16.7 Å². The van der Waals surface area contributed by atoms with Crippen LogP contribution in [0.3, 0.4) is 0 Å². The van der Waals surface area contributed by atoms with E-state index in [4.69, 9.17) is 4.99 Å². The van der Waals surface area contributed by atoms with Crippen LogP contribution in [0.2, 0.25) is 0 Å². The number of carbonyl (C=O) groups excluding carboxylic acids is 2. The van der Waals surface area contributed by atoms with Crippen molar-refractivity contribution in [3.63, 3.8) is 0 Å². The molecule has 1 heterocycles. The van der Waals surface area contributed by atoms with Gasteiger partial charge in [-0.25, -0.2) is 4.99 Å². The molecule has 1 aliphatic heterocycles. The second-order valence-electron chi connectivity index (χ2n) is 8.79. The second-order valence-corrected chi connectivity index (χ2v) is 8.79. The first kappa shape index (κ1) is 23.2. The van der Waals surface area contributed by atoms with Crippen LogP contribution in [0.15, 0.2) is 120 Å². The number of aliphatic imine (C=N–C) groups is 1. The number of amides is 2. The number of hydrogen-bond donors (Lipinski definition) is 1. The van der Waals surface area contributed by atoms with Gasteiger partial charge in [0.2, 0.25) is 5.91 Å². The maximum absolute atomic E-state index is 14.1. The highest BCUT2D eigenvalue weighted by molar-refractivity contribution is 6.21. The zero-order valence-electron chi connectivity index (χ0n) is 20.0. The lowest BCUT2D eigenvalue weighted by Crippen LogP contribution is -2.54. The van der Waals surface area contributed by atoms with E-state index in [1.165, 1.54) is 0 Å². The predicted molar refractivity (Wildman–Crippen MR) is 142 cm³/mol. The Balaban J connectivity index is 1.64. The molecule has 0 radical (unpaired) electrons. The fourth-order valence-electron chi connectivity index (χ4n) is 4.59. The Hall–Kier alpha value is -4.51. The highest BCUT2D eigenvalue weighted by Gasteiger charge is 2.41. The molecule has 0 saturated carbocycles. The van der Waals surface area contributed by atoms with Gasteiger partial charge >= 0.3 is 0 Å². The summed E-state index contributed by atoms with van der Waals surface area (Å²) in [5.41, 5.74) is 4.31. The first-order valence-corrected chi connectivity index (χ1v) is 12.1. The minimum Gasteiger partial charge on any atom is -0.350 e. The fraction of sp³-hybridized carbons (Fsp3) is 0.129. The van der Waals surface area contributed by atoms with Gasteiger partial charge in [-0.15, -0.1) is 0 Å². The van der Waals surface area contributed by atoms with Gasteiger partial charge in [-0.3, -0.25) is 9.59 Å². The molecule has 0 fully saturated rings. The molecule has 5 rings (SSSR count). The van der Waals surface area contributed by atoms with E-state index in [2.05, 4.69) is 5.32 Å². The van der Waals surface area contributed by atoms with E-state index in [9.17, 15) is 9.59 Å². The molecule has 0 bridgehead atoms. The van der Waals surface area contributed by atoms with Gasteiger partial charge in [-0.2, -0.15) is 0 Å². The highest BCUT2D eigenvalue weighted by Crippen LogP contribution is 2.33. The summed E-state index contributed by atoms with van der Waals surface area (Å²) >= 11 is 0. The van der Waals surface area contributed by atoms with E-state index in [-0.39, 0.29) is 17.9 Å². The molecule has 2 amide bonds. The lowest BCUT2D eigenvalue weighted by molar-refractivity contribution is -0.124. The Bertz CT molecular complexity index is 1390. The van der Waals surface area contributed by atoms with Crippen LogP contribution >= 0.6 is 0 Å². The molecule has 1 N–H and O–H groups in total. The van der Waals surface area contributed by atoms with Gasteiger partial charge in [-0.05, 0) is 35.7 Å². The molecule has 5 nitrogen and oxygen atoms in total. The van der Waals surface area contributed by atoms with Gasteiger partial charge in [0.25, 0.3) is 5.91 Å². The van der Waals surface area contributed by atoms with E-state index in [0.29, 0.717) is 23.5 Å². The van der Waals surface area contributed by atoms with Crippen LogP contribution in [0.5, 0.6) is 0 Å². The van der Waals surface area contributed by atoms with Crippen molar-refractivity contribution in [3.05, 3.63) is 138 Å². The number of hydrogen-bond acceptors (Lipinski definition) is 3. The monoisotopic (exact) mass is 473 g/mol. The molecule has 0 saturated heterocycles. The van der Waals surface area contributed by atoms with Crippen molar-refractivity contribution in [1.29, 1.82) is 0 Å². The quantitative estimate of drug-likeness (QED) is 0.390. The molecule has 2 atom stereocenters. The maximum Gasteiger partial charge on any atom is 0.257 e. The number of carbonyl (C=O) groups is 2. The first-order chi connectivity index (χ1) is 17.6. The van der Waals surface area contributed by atoms with Crippen molar-refractivity contribution in [2.24, 2.45) is 4.99 Å². The van der Waals surface area contributed by atoms with Gasteiger partial charge in [0, 0.05) is 6.54 Å². The number of para-hydroxylation sites is 1. The molecule has 0 aliphatic carbocycles. The normalized spacial score (nSPS) is 15.9. The maximum atomic E-state index is 14.1. The molecule has 0 aromatic heterocycles. The van der Waals surface area contributed by atoms with E-state index in [1.807, 2.05) is 116 Å². The van der Waals surface area contributed by atoms with E-state index >= 15 is 0 Å². The number of rotatable bonds is 6. The molecule has 1 aliphatic rings. The van der Waals surface area contributed by atoms with Crippen LogP contribution in [0.25, 0.3) is 0 Å². The van der Waals surface area contributed by atoms with Crippen molar-refractivity contribution in [2.45, 2.75) is 25.6 Å². The number of benzene rings is 4. The zero-order chi connectivity index (χ0) is 24.9. The van der Waals surface area contributed by atoms with Crippen molar-refractivity contribution in [3.8, 4) is 0 Å². The minimum absolute atomic E-state index is 0.225. The molecule has 4 aromatic carbocycles. The average molecular weight is 474 g/mol. The summed E-state index contributed by atoms with van der Waals surface area (Å²) in [7, 11) is 0. The average Bonchev–Trinajstić information content (AvgIpc) is 3.07. The number of fused-ring (bicyclic) bond motifs is 1. The summed E-state index contributed by atoms with van der Waals surface area (Å²) < 4.78 is 0. The topological polar surface area (TPSA) is 61.8 Å². The van der Waals surface area contributed by atoms with Crippen LogP contribution in [0, 0.1) is 0 Å². The lowest BCUT2D eigenvalue weighted by Gasteiger charge is -2.35. The third kappa shape index (κ3) is 4.68. The Morgan fingerprint density at radius 2 is 1.42 bits per heavy atom. The Morgan fingerprint density at radius 1 is 0.833 bits per heavy atom. The van der Waals surface area contributed by atoms with Crippen LogP contribution in [-0.4, -0.2) is 28.5 Å². The van der Waals surface area contributed by atoms with Gasteiger partial charge in [0.05, 0.1) is 23.0 Å². The SMILES string of the molecule is C[C@@H](c1ccccc1)N1C(=O)c2ccccc2N=C(c2ccccc2)[C@@H]1C(=O)NCc1ccccc1. The molecular weight excluding hydrogens is 446 g/mol. The van der Waals surface area contributed by atoms with E-state index < -0.39 is 6.04 Å². The minimum atomic E-state index is -0.925. The smallest absolute Gasteiger partial charge is 0.257 e. The van der Waals surface area contributed by atoms with Gasteiger partial charge < -0.3 is 10.2 Å². The van der Waals surface area contributed by atoms with Gasteiger partial charge in [0.1, 0.15) is 0 Å². The van der Waals surface area contributed by atoms with Crippen molar-refractivity contribution >= 4 is 23.2 Å². The molecule has 4 aromatic rings. The third-order valence-electron chi connectivity index (χ3n) is 6.47. The summed E-state index contributed by atoms with van der Waals surface area (Å²) in [6, 6.07) is 35.1.